The summed E-state index contributed by atoms with van der Waals surface area (Å²) in [6.07, 6.45) is 0.790. The van der Waals surface area contributed by atoms with Gasteiger partial charge in [0.1, 0.15) is 5.75 Å². The van der Waals surface area contributed by atoms with Gasteiger partial charge in [0.15, 0.2) is 0 Å². The van der Waals surface area contributed by atoms with Gasteiger partial charge in [0.2, 0.25) is 5.91 Å². The van der Waals surface area contributed by atoms with Crippen LogP contribution < -0.4 is 15.6 Å². The van der Waals surface area contributed by atoms with E-state index in [4.69, 9.17) is 16.3 Å². The molecule has 0 atom stereocenters. The first-order valence-corrected chi connectivity index (χ1v) is 7.55. The molecule has 0 fully saturated rings. The second kappa shape index (κ2) is 8.80. The fourth-order valence-corrected chi connectivity index (χ4v) is 1.93. The molecular weight excluding hydrogens is 316 g/mol. The quantitative estimate of drug-likeness (QED) is 0.631. The van der Waals surface area contributed by atoms with Gasteiger partial charge >= 0.3 is 0 Å². The van der Waals surface area contributed by atoms with E-state index < -0.39 is 0 Å². The lowest BCUT2D eigenvalue weighted by atomic mass is 10.2. The van der Waals surface area contributed by atoms with Crippen LogP contribution in [0.3, 0.4) is 0 Å². The largest absolute Gasteiger partial charge is 0.494 e. The average molecular weight is 333 g/mol. The van der Waals surface area contributed by atoms with Crippen LogP contribution in [0.4, 0.5) is 0 Å². The number of benzene rings is 2. The first-order chi connectivity index (χ1) is 11.1. The molecule has 6 heteroatoms. The van der Waals surface area contributed by atoms with Crippen molar-refractivity contribution in [1.29, 1.82) is 0 Å². The number of hydrogen-bond acceptors (Lipinski definition) is 3. The van der Waals surface area contributed by atoms with Gasteiger partial charge in [-0.25, -0.2) is 0 Å². The molecule has 0 radical (unpaired) electrons. The Morgan fingerprint density at radius 3 is 2.35 bits per heavy atom. The highest BCUT2D eigenvalue weighted by molar-refractivity contribution is 6.30. The summed E-state index contributed by atoms with van der Waals surface area (Å²) in [5, 5.41) is 0.644. The summed E-state index contributed by atoms with van der Waals surface area (Å²) in [5.74, 6) is 0.0811. The second-order valence-electron chi connectivity index (χ2n) is 4.77. The second-order valence-corrected chi connectivity index (χ2v) is 5.21. The highest BCUT2D eigenvalue weighted by atomic mass is 35.5. The Kier molecular flexibility index (Phi) is 6.44. The van der Waals surface area contributed by atoms with Gasteiger partial charge in [0.25, 0.3) is 5.91 Å². The molecule has 2 N–H and O–H groups in total. The Morgan fingerprint density at radius 1 is 0.957 bits per heavy atom. The van der Waals surface area contributed by atoms with Crippen LogP contribution in [0.25, 0.3) is 0 Å². The predicted molar refractivity (Wildman–Crippen MR) is 88.2 cm³/mol. The summed E-state index contributed by atoms with van der Waals surface area (Å²) in [7, 11) is 0. The summed E-state index contributed by atoms with van der Waals surface area (Å²) in [6, 6.07) is 15.7. The maximum Gasteiger partial charge on any atom is 0.269 e. The Bertz CT molecular complexity index is 645. The molecule has 0 spiro atoms. The Labute approximate surface area is 139 Å². The third-order valence-electron chi connectivity index (χ3n) is 2.98. The zero-order valence-electron chi connectivity index (χ0n) is 12.4. The monoisotopic (exact) mass is 332 g/mol. The number of amides is 2. The number of carbonyl (C=O) groups excluding carboxylic acids is 2. The summed E-state index contributed by atoms with van der Waals surface area (Å²) in [4.78, 5) is 23.4. The van der Waals surface area contributed by atoms with Gasteiger partial charge in [0, 0.05) is 17.0 Å². The molecule has 2 aromatic rings. The van der Waals surface area contributed by atoms with Crippen molar-refractivity contribution in [3.05, 3.63) is 65.2 Å². The third kappa shape index (κ3) is 6.00. The van der Waals surface area contributed by atoms with E-state index in [1.165, 1.54) is 0 Å². The molecule has 0 bridgehead atoms. The topological polar surface area (TPSA) is 67.4 Å². The molecule has 5 nitrogen and oxygen atoms in total. The van der Waals surface area contributed by atoms with Crippen molar-refractivity contribution in [2.24, 2.45) is 0 Å². The fourth-order valence-electron chi connectivity index (χ4n) is 1.80. The SMILES string of the molecule is O=C(CCCOc1ccc(Cl)cc1)NNC(=O)c1ccccc1. The van der Waals surface area contributed by atoms with Crippen LogP contribution in [0.15, 0.2) is 54.6 Å². The van der Waals surface area contributed by atoms with Crippen molar-refractivity contribution in [3.63, 3.8) is 0 Å². The normalized spacial score (nSPS) is 9.96. The number of rotatable bonds is 6. The van der Waals surface area contributed by atoms with Crippen molar-refractivity contribution in [1.82, 2.24) is 10.9 Å². The van der Waals surface area contributed by atoms with Crippen molar-refractivity contribution in [3.8, 4) is 5.75 Å². The molecule has 0 unspecified atom stereocenters. The number of hydrazine groups is 1. The van der Waals surface area contributed by atoms with Crippen LogP contribution >= 0.6 is 11.6 Å². The Balaban J connectivity index is 1.62. The van der Waals surface area contributed by atoms with E-state index in [0.717, 1.165) is 0 Å². The molecular formula is C17H17ClN2O3. The van der Waals surface area contributed by atoms with Crippen molar-refractivity contribution >= 4 is 23.4 Å². The van der Waals surface area contributed by atoms with Crippen molar-refractivity contribution < 1.29 is 14.3 Å². The lowest BCUT2D eigenvalue weighted by molar-refractivity contribution is -0.122. The highest BCUT2D eigenvalue weighted by Crippen LogP contribution is 2.15. The van der Waals surface area contributed by atoms with Crippen LogP contribution in [0.5, 0.6) is 5.75 Å². The minimum atomic E-state index is -0.351. The van der Waals surface area contributed by atoms with Crippen LogP contribution in [0, 0.1) is 0 Å². The average Bonchev–Trinajstić information content (AvgIpc) is 2.59. The summed E-state index contributed by atoms with van der Waals surface area (Å²) < 4.78 is 5.48. The first-order valence-electron chi connectivity index (χ1n) is 7.18. The first kappa shape index (κ1) is 16.8. The molecule has 2 amide bonds. The van der Waals surface area contributed by atoms with E-state index in [1.54, 1.807) is 48.5 Å². The standard InChI is InChI=1S/C17H17ClN2O3/c18-14-8-10-15(11-9-14)23-12-4-7-16(21)19-20-17(22)13-5-2-1-3-6-13/h1-3,5-6,8-11H,4,7,12H2,(H,19,21)(H,20,22). The summed E-state index contributed by atoms with van der Waals surface area (Å²) in [5.41, 5.74) is 5.23. The van der Waals surface area contributed by atoms with E-state index in [-0.39, 0.29) is 18.2 Å². The molecule has 23 heavy (non-hydrogen) atoms. The van der Waals surface area contributed by atoms with Crippen LogP contribution in [0.1, 0.15) is 23.2 Å². The predicted octanol–water partition coefficient (Wildman–Crippen LogP) is 2.96. The summed E-state index contributed by atoms with van der Waals surface area (Å²) >= 11 is 5.78. The van der Waals surface area contributed by atoms with Gasteiger partial charge in [-0.05, 0) is 42.8 Å². The zero-order chi connectivity index (χ0) is 16.5. The van der Waals surface area contributed by atoms with Crippen LogP contribution in [-0.2, 0) is 4.79 Å². The lowest BCUT2D eigenvalue weighted by Gasteiger charge is -2.08. The van der Waals surface area contributed by atoms with Crippen molar-refractivity contribution in [2.75, 3.05) is 6.61 Å². The van der Waals surface area contributed by atoms with E-state index in [9.17, 15) is 9.59 Å². The maximum atomic E-state index is 11.7. The Hall–Kier alpha value is -2.53. The number of nitrogens with one attached hydrogen (secondary N) is 2. The number of halogens is 1. The minimum absolute atomic E-state index is 0.253. The molecule has 2 rings (SSSR count). The smallest absolute Gasteiger partial charge is 0.269 e. The molecule has 0 aliphatic carbocycles. The number of carbonyl (C=O) groups is 2. The van der Waals surface area contributed by atoms with E-state index in [1.807, 2.05) is 6.07 Å². The number of hydrogen-bond donors (Lipinski definition) is 2. The van der Waals surface area contributed by atoms with Crippen molar-refractivity contribution in [2.45, 2.75) is 12.8 Å². The van der Waals surface area contributed by atoms with Crippen LogP contribution in [-0.4, -0.2) is 18.4 Å². The summed E-state index contributed by atoms with van der Waals surface area (Å²) in [6.45, 7) is 0.404. The maximum absolute atomic E-state index is 11.7. The fraction of sp³-hybridized carbons (Fsp3) is 0.176. The van der Waals surface area contributed by atoms with Crippen LogP contribution in [0.2, 0.25) is 5.02 Å². The highest BCUT2D eigenvalue weighted by Gasteiger charge is 2.06. The van der Waals surface area contributed by atoms with E-state index in [0.29, 0.717) is 29.4 Å². The molecule has 0 saturated heterocycles. The molecule has 0 saturated carbocycles. The molecule has 120 valence electrons. The number of ether oxygens (including phenoxy) is 1. The van der Waals surface area contributed by atoms with Gasteiger partial charge in [-0.15, -0.1) is 0 Å². The Morgan fingerprint density at radius 2 is 1.65 bits per heavy atom. The molecule has 0 aliphatic rings. The van der Waals surface area contributed by atoms with Gasteiger partial charge < -0.3 is 4.74 Å². The zero-order valence-corrected chi connectivity index (χ0v) is 13.2. The lowest BCUT2D eigenvalue weighted by Crippen LogP contribution is -2.41. The van der Waals surface area contributed by atoms with E-state index in [2.05, 4.69) is 10.9 Å². The minimum Gasteiger partial charge on any atom is -0.494 e. The van der Waals surface area contributed by atoms with Gasteiger partial charge in [-0.3, -0.25) is 20.4 Å². The van der Waals surface area contributed by atoms with Gasteiger partial charge in [0.05, 0.1) is 6.61 Å². The molecule has 2 aromatic carbocycles. The molecule has 0 aliphatic heterocycles. The van der Waals surface area contributed by atoms with E-state index >= 15 is 0 Å². The third-order valence-corrected chi connectivity index (χ3v) is 3.23. The molecule has 0 heterocycles. The van der Waals surface area contributed by atoms with Gasteiger partial charge in [-0.2, -0.15) is 0 Å². The van der Waals surface area contributed by atoms with Gasteiger partial charge in [-0.1, -0.05) is 29.8 Å². The molecule has 0 aromatic heterocycles.